The maximum Gasteiger partial charge on any atom is 0.0676 e. The van der Waals surface area contributed by atoms with Gasteiger partial charge in [0, 0.05) is 12.0 Å². The van der Waals surface area contributed by atoms with E-state index >= 15 is 0 Å². The Hall–Kier alpha value is -2.39. The van der Waals surface area contributed by atoms with Gasteiger partial charge in [0.15, 0.2) is 0 Å². The average Bonchev–Trinajstić information content (AvgIpc) is 2.55. The van der Waals surface area contributed by atoms with Gasteiger partial charge in [0.1, 0.15) is 0 Å². The number of allylic oxidation sites excluding steroid dienone is 1. The SMILES string of the molecule is CN(C)CC(C)(C)C(/C=C/c1ccccc1)=N\Nc1ccccc1. The van der Waals surface area contributed by atoms with Crippen LogP contribution < -0.4 is 5.43 Å². The van der Waals surface area contributed by atoms with Crippen LogP contribution in [0.25, 0.3) is 6.08 Å². The second-order valence-electron chi connectivity index (χ2n) is 6.84. The summed E-state index contributed by atoms with van der Waals surface area (Å²) in [6.07, 6.45) is 4.22. The van der Waals surface area contributed by atoms with E-state index in [1.54, 1.807) is 0 Å². The van der Waals surface area contributed by atoms with Crippen molar-refractivity contribution < 1.29 is 0 Å². The van der Waals surface area contributed by atoms with Crippen molar-refractivity contribution in [3.05, 3.63) is 72.3 Å². The number of nitrogens with zero attached hydrogens (tertiary/aromatic N) is 2. The third-order valence-electron chi connectivity index (χ3n) is 3.72. The van der Waals surface area contributed by atoms with Crippen LogP contribution in [0.5, 0.6) is 0 Å². The lowest BCUT2D eigenvalue weighted by atomic mass is 9.86. The molecule has 0 spiro atoms. The zero-order valence-corrected chi connectivity index (χ0v) is 15.0. The van der Waals surface area contributed by atoms with Crippen molar-refractivity contribution in [1.82, 2.24) is 4.90 Å². The van der Waals surface area contributed by atoms with Gasteiger partial charge in [-0.3, -0.25) is 5.43 Å². The van der Waals surface area contributed by atoms with Gasteiger partial charge < -0.3 is 4.90 Å². The molecule has 0 saturated heterocycles. The van der Waals surface area contributed by atoms with Gasteiger partial charge in [-0.05, 0) is 37.9 Å². The normalized spacial score (nSPS) is 12.8. The molecule has 0 bridgehead atoms. The van der Waals surface area contributed by atoms with E-state index < -0.39 is 0 Å². The van der Waals surface area contributed by atoms with Gasteiger partial charge in [-0.15, -0.1) is 0 Å². The van der Waals surface area contributed by atoms with Crippen molar-refractivity contribution in [1.29, 1.82) is 0 Å². The Morgan fingerprint density at radius 1 is 1.00 bits per heavy atom. The fourth-order valence-corrected chi connectivity index (χ4v) is 2.66. The van der Waals surface area contributed by atoms with E-state index in [9.17, 15) is 0 Å². The second-order valence-corrected chi connectivity index (χ2v) is 6.84. The number of nitrogens with one attached hydrogen (secondary N) is 1. The van der Waals surface area contributed by atoms with Gasteiger partial charge in [0.2, 0.25) is 0 Å². The maximum absolute atomic E-state index is 4.69. The first-order valence-corrected chi connectivity index (χ1v) is 8.24. The molecule has 0 aliphatic heterocycles. The van der Waals surface area contributed by atoms with Gasteiger partial charge in [-0.25, -0.2) is 0 Å². The molecule has 0 aliphatic carbocycles. The molecule has 0 heterocycles. The second kappa shape index (κ2) is 8.46. The summed E-state index contributed by atoms with van der Waals surface area (Å²) in [6, 6.07) is 20.3. The summed E-state index contributed by atoms with van der Waals surface area (Å²) in [5, 5.41) is 4.69. The van der Waals surface area contributed by atoms with Crippen LogP contribution >= 0.6 is 0 Å². The van der Waals surface area contributed by atoms with Crippen molar-refractivity contribution in [2.24, 2.45) is 10.5 Å². The summed E-state index contributed by atoms with van der Waals surface area (Å²) >= 11 is 0. The number of hydrazone groups is 1. The Morgan fingerprint density at radius 2 is 1.58 bits per heavy atom. The van der Waals surface area contributed by atoms with Crippen LogP contribution in [-0.2, 0) is 0 Å². The molecular formula is C21H27N3. The fourth-order valence-electron chi connectivity index (χ4n) is 2.66. The third-order valence-corrected chi connectivity index (χ3v) is 3.72. The van der Waals surface area contributed by atoms with Crippen molar-refractivity contribution in [2.45, 2.75) is 13.8 Å². The minimum absolute atomic E-state index is 0.0729. The molecule has 0 aromatic heterocycles. The summed E-state index contributed by atoms with van der Waals surface area (Å²) in [7, 11) is 4.18. The Morgan fingerprint density at radius 3 is 2.17 bits per heavy atom. The van der Waals surface area contributed by atoms with Gasteiger partial charge in [0.05, 0.1) is 11.4 Å². The van der Waals surface area contributed by atoms with Gasteiger partial charge >= 0.3 is 0 Å². The first kappa shape index (κ1) is 18.0. The molecular weight excluding hydrogens is 294 g/mol. The van der Waals surface area contributed by atoms with Crippen molar-refractivity contribution in [3.63, 3.8) is 0 Å². The predicted octanol–water partition coefficient (Wildman–Crippen LogP) is 4.76. The molecule has 2 aromatic carbocycles. The van der Waals surface area contributed by atoms with E-state index in [-0.39, 0.29) is 5.41 Å². The first-order chi connectivity index (χ1) is 11.5. The Bertz CT molecular complexity index is 671. The zero-order valence-electron chi connectivity index (χ0n) is 15.0. The predicted molar refractivity (Wildman–Crippen MR) is 105 cm³/mol. The van der Waals surface area contributed by atoms with Gasteiger partial charge in [-0.2, -0.15) is 5.10 Å². The van der Waals surface area contributed by atoms with Crippen LogP contribution in [0.1, 0.15) is 19.4 Å². The lowest BCUT2D eigenvalue weighted by Crippen LogP contribution is -2.35. The van der Waals surface area contributed by atoms with Crippen LogP contribution in [-0.4, -0.2) is 31.3 Å². The highest BCUT2D eigenvalue weighted by molar-refractivity contribution is 6.02. The molecule has 0 unspecified atom stereocenters. The molecule has 0 aliphatic rings. The molecule has 0 fully saturated rings. The number of hydrogen-bond acceptors (Lipinski definition) is 3. The number of benzene rings is 2. The minimum Gasteiger partial charge on any atom is -0.308 e. The number of hydrogen-bond donors (Lipinski definition) is 1. The summed E-state index contributed by atoms with van der Waals surface area (Å²) in [4.78, 5) is 2.19. The average molecular weight is 321 g/mol. The smallest absolute Gasteiger partial charge is 0.0676 e. The Labute approximate surface area is 145 Å². The van der Waals surface area contributed by atoms with E-state index in [1.807, 2.05) is 48.5 Å². The van der Waals surface area contributed by atoms with E-state index in [1.165, 1.54) is 5.56 Å². The molecule has 3 nitrogen and oxygen atoms in total. The molecule has 0 atom stereocenters. The van der Waals surface area contributed by atoms with Crippen LogP contribution in [0.4, 0.5) is 5.69 Å². The van der Waals surface area contributed by atoms with Crippen molar-refractivity contribution >= 4 is 17.5 Å². The van der Waals surface area contributed by atoms with E-state index in [2.05, 4.69) is 67.7 Å². The highest BCUT2D eigenvalue weighted by Crippen LogP contribution is 2.21. The molecule has 0 amide bonds. The maximum atomic E-state index is 4.69. The number of para-hydroxylation sites is 1. The molecule has 1 N–H and O–H groups in total. The first-order valence-electron chi connectivity index (χ1n) is 8.24. The Balaban J connectivity index is 2.25. The fraction of sp³-hybridized carbons (Fsp3) is 0.286. The van der Waals surface area contributed by atoms with E-state index in [4.69, 9.17) is 0 Å². The van der Waals surface area contributed by atoms with Crippen molar-refractivity contribution in [3.8, 4) is 0 Å². The Kier molecular flexibility index (Phi) is 6.33. The summed E-state index contributed by atoms with van der Waals surface area (Å²) < 4.78 is 0. The minimum atomic E-state index is -0.0729. The largest absolute Gasteiger partial charge is 0.308 e. The zero-order chi connectivity index (χ0) is 17.4. The van der Waals surface area contributed by atoms with Crippen LogP contribution in [0, 0.1) is 5.41 Å². The van der Waals surface area contributed by atoms with Crippen LogP contribution in [0.2, 0.25) is 0 Å². The molecule has 126 valence electrons. The standard InChI is InChI=1S/C21H27N3/c1-21(2,17-24(3)4)20(16-15-18-11-7-5-8-12-18)23-22-19-13-9-6-10-14-19/h5-16,22H,17H2,1-4H3/b16-15+,23-20-. The summed E-state index contributed by atoms with van der Waals surface area (Å²) in [5.41, 5.74) is 6.28. The molecule has 3 heteroatoms. The lowest BCUT2D eigenvalue weighted by molar-refractivity contribution is 0.311. The highest BCUT2D eigenvalue weighted by atomic mass is 15.3. The van der Waals surface area contributed by atoms with E-state index in [0.29, 0.717) is 0 Å². The highest BCUT2D eigenvalue weighted by Gasteiger charge is 2.24. The molecule has 0 saturated carbocycles. The topological polar surface area (TPSA) is 27.6 Å². The molecule has 24 heavy (non-hydrogen) atoms. The number of anilines is 1. The van der Waals surface area contributed by atoms with Crippen molar-refractivity contribution in [2.75, 3.05) is 26.1 Å². The molecule has 0 radical (unpaired) electrons. The third kappa shape index (κ3) is 5.67. The number of rotatable bonds is 7. The molecule has 2 rings (SSSR count). The molecule has 2 aromatic rings. The monoisotopic (exact) mass is 321 g/mol. The lowest BCUT2D eigenvalue weighted by Gasteiger charge is -2.28. The van der Waals surface area contributed by atoms with Gasteiger partial charge in [0.25, 0.3) is 0 Å². The summed E-state index contributed by atoms with van der Waals surface area (Å²) in [5.74, 6) is 0. The van der Waals surface area contributed by atoms with Crippen LogP contribution in [0.3, 0.4) is 0 Å². The summed E-state index contributed by atoms with van der Waals surface area (Å²) in [6.45, 7) is 5.35. The van der Waals surface area contributed by atoms with Gasteiger partial charge in [-0.1, -0.05) is 68.5 Å². The quantitative estimate of drug-likeness (QED) is 0.588. The van der Waals surface area contributed by atoms with Crippen LogP contribution in [0.15, 0.2) is 71.8 Å². The van der Waals surface area contributed by atoms with E-state index in [0.717, 1.165) is 17.9 Å².